The number of benzene rings is 3. The van der Waals surface area contributed by atoms with E-state index in [0.717, 1.165) is 22.0 Å². The third-order valence-electron chi connectivity index (χ3n) is 5.71. The standard InChI is InChI=1S/C25H22N4O3/c1-28-12-11-18-15-19(8-9-21(18)28)29-24(26-27-25(29)32)20-13-16(7-10-22(20)30)14-23(31)17-5-3-2-4-6-17/h2-13,15,23,30-31H,14H2,1H3,(H,27,32). The van der Waals surface area contributed by atoms with Crippen molar-refractivity contribution in [1.82, 2.24) is 19.3 Å². The van der Waals surface area contributed by atoms with E-state index in [9.17, 15) is 15.0 Å². The molecule has 1 atom stereocenters. The van der Waals surface area contributed by atoms with E-state index in [2.05, 4.69) is 10.2 Å². The van der Waals surface area contributed by atoms with Gasteiger partial charge in [-0.2, -0.15) is 5.10 Å². The Kier molecular flexibility index (Phi) is 4.88. The highest BCUT2D eigenvalue weighted by atomic mass is 16.3. The van der Waals surface area contributed by atoms with Crippen LogP contribution in [-0.2, 0) is 13.5 Å². The highest BCUT2D eigenvalue weighted by Crippen LogP contribution is 2.31. The SMILES string of the molecule is Cn1ccc2cc(-n3c(-c4cc(CC(O)c5ccccc5)ccc4O)n[nH]c3=O)ccc21. The van der Waals surface area contributed by atoms with E-state index < -0.39 is 11.8 Å². The molecule has 160 valence electrons. The van der Waals surface area contributed by atoms with Crippen LogP contribution in [0.5, 0.6) is 5.75 Å². The maximum absolute atomic E-state index is 12.6. The van der Waals surface area contributed by atoms with Gasteiger partial charge in [-0.3, -0.25) is 0 Å². The Morgan fingerprint density at radius 3 is 2.66 bits per heavy atom. The zero-order valence-corrected chi connectivity index (χ0v) is 17.4. The topological polar surface area (TPSA) is 96.1 Å². The molecule has 0 saturated carbocycles. The van der Waals surface area contributed by atoms with Crippen molar-refractivity contribution < 1.29 is 10.2 Å². The molecule has 5 aromatic rings. The molecule has 32 heavy (non-hydrogen) atoms. The van der Waals surface area contributed by atoms with Crippen molar-refractivity contribution in [3.63, 3.8) is 0 Å². The number of phenols is 1. The van der Waals surface area contributed by atoms with E-state index in [1.807, 2.05) is 72.4 Å². The summed E-state index contributed by atoms with van der Waals surface area (Å²) in [6, 6.07) is 22.2. The van der Waals surface area contributed by atoms with Gasteiger partial charge in [0.15, 0.2) is 5.82 Å². The molecule has 0 saturated heterocycles. The van der Waals surface area contributed by atoms with Gasteiger partial charge in [0.2, 0.25) is 0 Å². The fourth-order valence-electron chi connectivity index (χ4n) is 4.03. The van der Waals surface area contributed by atoms with Crippen molar-refractivity contribution in [1.29, 1.82) is 0 Å². The van der Waals surface area contributed by atoms with Gasteiger partial charge in [0, 0.05) is 30.6 Å². The first kappa shape index (κ1) is 19.8. The number of hydrogen-bond acceptors (Lipinski definition) is 4. The second-order valence-corrected chi connectivity index (χ2v) is 7.84. The number of aromatic amines is 1. The van der Waals surface area contributed by atoms with Crippen molar-refractivity contribution in [3.8, 4) is 22.8 Å². The van der Waals surface area contributed by atoms with E-state index in [-0.39, 0.29) is 5.75 Å². The number of aromatic hydroxyl groups is 1. The number of rotatable bonds is 5. The molecule has 0 fully saturated rings. The van der Waals surface area contributed by atoms with Crippen LogP contribution < -0.4 is 5.69 Å². The molecule has 0 amide bonds. The molecular formula is C25H22N4O3. The molecule has 0 aliphatic rings. The predicted octanol–water partition coefficient (Wildman–Crippen LogP) is 3.70. The quantitative estimate of drug-likeness (QED) is 0.399. The Balaban J connectivity index is 1.55. The van der Waals surface area contributed by atoms with Crippen LogP contribution in [-0.4, -0.2) is 29.5 Å². The van der Waals surface area contributed by atoms with Gasteiger partial charge >= 0.3 is 5.69 Å². The molecule has 3 N–H and O–H groups in total. The highest BCUT2D eigenvalue weighted by Gasteiger charge is 2.18. The summed E-state index contributed by atoms with van der Waals surface area (Å²) in [5.74, 6) is 0.308. The van der Waals surface area contributed by atoms with Crippen molar-refractivity contribution in [2.45, 2.75) is 12.5 Å². The van der Waals surface area contributed by atoms with Gasteiger partial charge < -0.3 is 14.8 Å². The summed E-state index contributed by atoms with van der Waals surface area (Å²) in [6.07, 6.45) is 1.64. The maximum atomic E-state index is 12.6. The number of aryl methyl sites for hydroxylation is 1. The van der Waals surface area contributed by atoms with Gasteiger partial charge in [0.1, 0.15) is 5.75 Å². The number of aliphatic hydroxyl groups is 1. The Labute approximate surface area is 183 Å². The fourth-order valence-corrected chi connectivity index (χ4v) is 4.03. The highest BCUT2D eigenvalue weighted by molar-refractivity contribution is 5.82. The van der Waals surface area contributed by atoms with Crippen LogP contribution in [0.2, 0.25) is 0 Å². The number of fused-ring (bicyclic) bond motifs is 1. The van der Waals surface area contributed by atoms with Gasteiger partial charge in [0.25, 0.3) is 0 Å². The summed E-state index contributed by atoms with van der Waals surface area (Å²) >= 11 is 0. The minimum absolute atomic E-state index is 0.00369. The molecule has 3 aromatic carbocycles. The smallest absolute Gasteiger partial charge is 0.348 e. The van der Waals surface area contributed by atoms with Gasteiger partial charge in [0.05, 0.1) is 17.4 Å². The number of nitrogens with one attached hydrogen (secondary N) is 1. The lowest BCUT2D eigenvalue weighted by Gasteiger charge is -2.13. The lowest BCUT2D eigenvalue weighted by molar-refractivity contribution is 0.178. The summed E-state index contributed by atoms with van der Waals surface area (Å²) in [6.45, 7) is 0. The van der Waals surface area contributed by atoms with Crippen molar-refractivity contribution in [3.05, 3.63) is 101 Å². The molecule has 0 aliphatic heterocycles. The number of phenolic OH excluding ortho intramolecular Hbond substituents is 1. The first-order valence-electron chi connectivity index (χ1n) is 10.3. The van der Waals surface area contributed by atoms with E-state index >= 15 is 0 Å². The average molecular weight is 426 g/mol. The molecule has 0 aliphatic carbocycles. The second kappa shape index (κ2) is 7.86. The number of hydrogen-bond donors (Lipinski definition) is 3. The predicted molar refractivity (Wildman–Crippen MR) is 123 cm³/mol. The van der Waals surface area contributed by atoms with Crippen molar-refractivity contribution >= 4 is 10.9 Å². The summed E-state index contributed by atoms with van der Waals surface area (Å²) < 4.78 is 3.45. The van der Waals surface area contributed by atoms with Crippen LogP contribution in [0.25, 0.3) is 28.0 Å². The first-order valence-corrected chi connectivity index (χ1v) is 10.3. The van der Waals surface area contributed by atoms with Gasteiger partial charge in [-0.25, -0.2) is 14.5 Å². The maximum Gasteiger partial charge on any atom is 0.348 e. The first-order chi connectivity index (χ1) is 15.5. The third-order valence-corrected chi connectivity index (χ3v) is 5.71. The molecule has 1 unspecified atom stereocenters. The minimum Gasteiger partial charge on any atom is -0.507 e. The van der Waals surface area contributed by atoms with Gasteiger partial charge in [-0.15, -0.1) is 0 Å². The zero-order chi connectivity index (χ0) is 22.2. The molecule has 0 bridgehead atoms. The normalized spacial score (nSPS) is 12.3. The van der Waals surface area contributed by atoms with Crippen LogP contribution in [0, 0.1) is 0 Å². The summed E-state index contributed by atoms with van der Waals surface area (Å²) in [4.78, 5) is 12.6. The Morgan fingerprint density at radius 1 is 1.03 bits per heavy atom. The Hall–Kier alpha value is -4.10. The lowest BCUT2D eigenvalue weighted by atomic mass is 9.99. The molecule has 5 rings (SSSR count). The number of aromatic nitrogens is 4. The fraction of sp³-hybridized carbons (Fsp3) is 0.120. The molecule has 0 spiro atoms. The monoisotopic (exact) mass is 426 g/mol. The summed E-state index contributed by atoms with van der Waals surface area (Å²) in [7, 11) is 1.96. The zero-order valence-electron chi connectivity index (χ0n) is 17.4. The van der Waals surface area contributed by atoms with E-state index in [1.165, 1.54) is 4.57 Å². The molecule has 2 aromatic heterocycles. The van der Waals surface area contributed by atoms with E-state index in [0.29, 0.717) is 23.5 Å². The second-order valence-electron chi connectivity index (χ2n) is 7.84. The summed E-state index contributed by atoms with van der Waals surface area (Å²) in [5, 5.41) is 28.8. The molecule has 7 heteroatoms. The van der Waals surface area contributed by atoms with Crippen LogP contribution in [0.3, 0.4) is 0 Å². The van der Waals surface area contributed by atoms with Crippen LogP contribution >= 0.6 is 0 Å². The molecule has 0 radical (unpaired) electrons. The summed E-state index contributed by atoms with van der Waals surface area (Å²) in [5.41, 5.74) is 3.33. The Morgan fingerprint density at radius 2 is 1.84 bits per heavy atom. The van der Waals surface area contributed by atoms with Gasteiger partial charge in [-0.05, 0) is 47.5 Å². The number of nitrogens with zero attached hydrogens (tertiary/aromatic N) is 3. The van der Waals surface area contributed by atoms with Crippen LogP contribution in [0.1, 0.15) is 17.2 Å². The molecule has 2 heterocycles. The average Bonchev–Trinajstić information content (AvgIpc) is 3.37. The largest absolute Gasteiger partial charge is 0.507 e. The number of H-pyrrole nitrogens is 1. The van der Waals surface area contributed by atoms with Crippen molar-refractivity contribution in [2.75, 3.05) is 0 Å². The van der Waals surface area contributed by atoms with Crippen LogP contribution in [0.4, 0.5) is 0 Å². The van der Waals surface area contributed by atoms with Crippen LogP contribution in [0.15, 0.2) is 83.8 Å². The lowest BCUT2D eigenvalue weighted by Crippen LogP contribution is -2.15. The van der Waals surface area contributed by atoms with Crippen molar-refractivity contribution in [2.24, 2.45) is 7.05 Å². The number of aliphatic hydroxyl groups excluding tert-OH is 1. The Bertz CT molecular complexity index is 1460. The van der Waals surface area contributed by atoms with E-state index in [4.69, 9.17) is 0 Å². The molecule has 7 nitrogen and oxygen atoms in total. The van der Waals surface area contributed by atoms with E-state index in [1.54, 1.807) is 18.2 Å². The molecular weight excluding hydrogens is 404 g/mol. The minimum atomic E-state index is -0.685. The third kappa shape index (κ3) is 3.48. The van der Waals surface area contributed by atoms with Gasteiger partial charge in [-0.1, -0.05) is 36.4 Å².